The van der Waals surface area contributed by atoms with Gasteiger partial charge in [-0.1, -0.05) is 27.7 Å². The van der Waals surface area contributed by atoms with E-state index in [1.807, 2.05) is 6.92 Å². The molecular weight excluding hydrogens is 262 g/mol. The van der Waals surface area contributed by atoms with Gasteiger partial charge in [0.15, 0.2) is 0 Å². The fourth-order valence-electron chi connectivity index (χ4n) is 1.72. The lowest BCUT2D eigenvalue weighted by Gasteiger charge is -2.33. The van der Waals surface area contributed by atoms with E-state index in [1.54, 1.807) is 20.8 Å². The number of hydrogen-bond donors (Lipinski definition) is 0. The van der Waals surface area contributed by atoms with Gasteiger partial charge in [-0.3, -0.25) is 4.79 Å². The van der Waals surface area contributed by atoms with Crippen LogP contribution in [0.4, 0.5) is 0 Å². The largest absolute Gasteiger partial charge is 0.298 e. The molecule has 1 atom stereocenters. The molecule has 0 amide bonds. The van der Waals surface area contributed by atoms with Crippen molar-refractivity contribution in [3.05, 3.63) is 0 Å². The van der Waals surface area contributed by atoms with Gasteiger partial charge in [0.1, 0.15) is 5.78 Å². The molecule has 1 unspecified atom stereocenters. The molecule has 0 saturated heterocycles. The summed E-state index contributed by atoms with van der Waals surface area (Å²) in [6, 6.07) is 0. The molecule has 0 aromatic carbocycles. The lowest BCUT2D eigenvalue weighted by molar-refractivity contribution is -0.121. The van der Waals surface area contributed by atoms with Gasteiger partial charge in [-0.15, -0.1) is 0 Å². The highest BCUT2D eigenvalue weighted by molar-refractivity contribution is 7.88. The Labute approximate surface area is 118 Å². The van der Waals surface area contributed by atoms with Crippen LogP contribution in [0.1, 0.15) is 54.9 Å². The Morgan fingerprint density at radius 2 is 1.53 bits per heavy atom. The normalized spacial score (nSPS) is 15.6. The third-order valence-corrected chi connectivity index (χ3v) is 4.96. The minimum atomic E-state index is -3.38. The van der Waals surface area contributed by atoms with Crippen LogP contribution in [0, 0.1) is 11.3 Å². The van der Waals surface area contributed by atoms with Crippen molar-refractivity contribution in [1.29, 1.82) is 0 Å². The van der Waals surface area contributed by atoms with Crippen LogP contribution < -0.4 is 0 Å². The second-order valence-electron chi connectivity index (χ2n) is 7.45. The fraction of sp³-hybridized carbons (Fsp3) is 0.929. The van der Waals surface area contributed by atoms with Crippen molar-refractivity contribution in [3.63, 3.8) is 0 Å². The van der Waals surface area contributed by atoms with Crippen LogP contribution in [-0.4, -0.2) is 36.8 Å². The van der Waals surface area contributed by atoms with E-state index in [9.17, 15) is 13.2 Å². The van der Waals surface area contributed by atoms with Crippen molar-refractivity contribution in [1.82, 2.24) is 4.31 Å². The number of carbonyl (C=O) groups excluding carboxylic acids is 1. The Hall–Kier alpha value is -0.420. The number of sulfonamides is 1. The van der Waals surface area contributed by atoms with Crippen LogP contribution in [-0.2, 0) is 14.8 Å². The van der Waals surface area contributed by atoms with Crippen molar-refractivity contribution in [2.75, 3.05) is 12.8 Å². The number of Topliss-reactive ketones (excluding diaryl/α,β-unsaturated/α-hetero) is 1. The van der Waals surface area contributed by atoms with E-state index in [0.29, 0.717) is 6.42 Å². The van der Waals surface area contributed by atoms with E-state index < -0.39 is 15.6 Å². The number of rotatable bonds is 5. The molecule has 0 radical (unpaired) electrons. The summed E-state index contributed by atoms with van der Waals surface area (Å²) in [5.74, 6) is 0.198. The molecule has 0 heterocycles. The standard InChI is InChI=1S/C14H29NO3S/c1-11(13(2,3)4)9-12(16)10-15(14(5,6)7)19(8,17)18/h11H,9-10H2,1-8H3. The summed E-state index contributed by atoms with van der Waals surface area (Å²) >= 11 is 0. The topological polar surface area (TPSA) is 54.5 Å². The van der Waals surface area contributed by atoms with Gasteiger partial charge >= 0.3 is 0 Å². The van der Waals surface area contributed by atoms with Crippen LogP contribution in [0.15, 0.2) is 0 Å². The highest BCUT2D eigenvalue weighted by atomic mass is 32.2. The molecule has 0 spiro atoms. The number of hydrogen-bond acceptors (Lipinski definition) is 3. The molecule has 114 valence electrons. The molecule has 5 heteroatoms. The van der Waals surface area contributed by atoms with Gasteiger partial charge in [0.2, 0.25) is 10.0 Å². The van der Waals surface area contributed by atoms with Gasteiger partial charge in [-0.25, -0.2) is 8.42 Å². The van der Waals surface area contributed by atoms with Crippen LogP contribution in [0.2, 0.25) is 0 Å². The highest BCUT2D eigenvalue weighted by Gasteiger charge is 2.32. The minimum absolute atomic E-state index is 0.0252. The molecule has 0 aliphatic carbocycles. The average molecular weight is 291 g/mol. The Kier molecular flexibility index (Phi) is 5.79. The molecule has 0 rings (SSSR count). The van der Waals surface area contributed by atoms with E-state index >= 15 is 0 Å². The van der Waals surface area contributed by atoms with Gasteiger partial charge in [0.25, 0.3) is 0 Å². The second kappa shape index (κ2) is 5.92. The minimum Gasteiger partial charge on any atom is -0.298 e. The predicted octanol–water partition coefficient (Wildman–Crippen LogP) is 2.69. The van der Waals surface area contributed by atoms with Gasteiger partial charge in [0, 0.05) is 12.0 Å². The molecular formula is C14H29NO3S. The maximum atomic E-state index is 12.1. The quantitative estimate of drug-likeness (QED) is 0.782. The van der Waals surface area contributed by atoms with Crippen molar-refractivity contribution < 1.29 is 13.2 Å². The molecule has 0 saturated carbocycles. The van der Waals surface area contributed by atoms with Gasteiger partial charge in [-0.2, -0.15) is 4.31 Å². The molecule has 0 N–H and O–H groups in total. The Balaban J connectivity index is 4.87. The molecule has 0 aliphatic rings. The highest BCUT2D eigenvalue weighted by Crippen LogP contribution is 2.28. The average Bonchev–Trinajstić information content (AvgIpc) is 2.08. The summed E-state index contributed by atoms with van der Waals surface area (Å²) < 4.78 is 24.8. The van der Waals surface area contributed by atoms with Gasteiger partial charge in [0.05, 0.1) is 12.8 Å². The summed E-state index contributed by atoms with van der Waals surface area (Å²) in [6.07, 6.45) is 1.56. The molecule has 0 fully saturated rings. The zero-order chi connectivity index (χ0) is 15.6. The fourth-order valence-corrected chi connectivity index (χ4v) is 3.10. The first kappa shape index (κ1) is 18.6. The van der Waals surface area contributed by atoms with E-state index in [-0.39, 0.29) is 23.7 Å². The summed E-state index contributed by atoms with van der Waals surface area (Å²) in [6.45, 7) is 13.6. The Morgan fingerprint density at radius 3 is 1.79 bits per heavy atom. The molecule has 0 bridgehead atoms. The summed E-state index contributed by atoms with van der Waals surface area (Å²) in [4.78, 5) is 12.1. The lowest BCUT2D eigenvalue weighted by Crippen LogP contribution is -2.47. The molecule has 0 aromatic rings. The SMILES string of the molecule is CC(CC(=O)CN(C(C)(C)C)S(C)(=O)=O)C(C)(C)C. The zero-order valence-corrected chi connectivity index (χ0v) is 14.4. The van der Waals surface area contributed by atoms with E-state index in [4.69, 9.17) is 0 Å². The lowest BCUT2D eigenvalue weighted by atomic mass is 9.79. The van der Waals surface area contributed by atoms with Crippen molar-refractivity contribution in [3.8, 4) is 0 Å². The van der Waals surface area contributed by atoms with E-state index in [1.165, 1.54) is 4.31 Å². The van der Waals surface area contributed by atoms with E-state index in [2.05, 4.69) is 20.8 Å². The Bertz CT molecular complexity index is 413. The summed E-state index contributed by atoms with van der Waals surface area (Å²) in [5, 5.41) is 0. The number of nitrogens with zero attached hydrogens (tertiary/aromatic N) is 1. The zero-order valence-electron chi connectivity index (χ0n) is 13.6. The third-order valence-electron chi connectivity index (χ3n) is 3.48. The van der Waals surface area contributed by atoms with Gasteiger partial charge in [-0.05, 0) is 32.1 Å². The third kappa shape index (κ3) is 6.52. The number of carbonyl (C=O) groups is 1. The molecule has 4 nitrogen and oxygen atoms in total. The van der Waals surface area contributed by atoms with E-state index in [0.717, 1.165) is 6.26 Å². The van der Waals surface area contributed by atoms with Crippen LogP contribution >= 0.6 is 0 Å². The number of ketones is 1. The van der Waals surface area contributed by atoms with Gasteiger partial charge < -0.3 is 0 Å². The molecule has 0 aromatic heterocycles. The first-order valence-corrected chi connectivity index (χ1v) is 8.50. The first-order chi connectivity index (χ1) is 8.15. The Morgan fingerprint density at radius 1 is 1.11 bits per heavy atom. The first-order valence-electron chi connectivity index (χ1n) is 6.65. The van der Waals surface area contributed by atoms with Crippen molar-refractivity contribution >= 4 is 15.8 Å². The molecule has 0 aliphatic heterocycles. The summed E-state index contributed by atoms with van der Waals surface area (Å²) in [7, 11) is -3.38. The molecule has 19 heavy (non-hydrogen) atoms. The smallest absolute Gasteiger partial charge is 0.212 e. The maximum Gasteiger partial charge on any atom is 0.212 e. The monoisotopic (exact) mass is 291 g/mol. The van der Waals surface area contributed by atoms with Crippen LogP contribution in [0.3, 0.4) is 0 Å². The van der Waals surface area contributed by atoms with Crippen molar-refractivity contribution in [2.45, 2.75) is 60.4 Å². The van der Waals surface area contributed by atoms with Crippen LogP contribution in [0.25, 0.3) is 0 Å². The van der Waals surface area contributed by atoms with Crippen LogP contribution in [0.5, 0.6) is 0 Å². The summed E-state index contributed by atoms with van der Waals surface area (Å²) in [5.41, 5.74) is -0.526. The second-order valence-corrected chi connectivity index (χ2v) is 9.36. The maximum absolute atomic E-state index is 12.1. The van der Waals surface area contributed by atoms with Crippen molar-refractivity contribution in [2.24, 2.45) is 11.3 Å². The predicted molar refractivity (Wildman–Crippen MR) is 79.5 cm³/mol.